The van der Waals surface area contributed by atoms with Crippen LogP contribution in [0.4, 0.5) is 0 Å². The molecule has 1 atom stereocenters. The Morgan fingerprint density at radius 2 is 2.05 bits per heavy atom. The molecule has 2 aromatic rings. The Balaban J connectivity index is 2.05. The molecule has 0 heterocycles. The van der Waals surface area contributed by atoms with Crippen molar-refractivity contribution in [2.75, 3.05) is 0 Å². The first-order valence-electron chi connectivity index (χ1n) is 7.05. The maximum absolute atomic E-state index is 8.87. The van der Waals surface area contributed by atoms with Gasteiger partial charge in [-0.3, -0.25) is 0 Å². The zero-order valence-electron chi connectivity index (χ0n) is 12.5. The summed E-state index contributed by atoms with van der Waals surface area (Å²) in [6.07, 6.45) is 0.840. The summed E-state index contributed by atoms with van der Waals surface area (Å²) in [5, 5.41) is 8.87. The van der Waals surface area contributed by atoms with Gasteiger partial charge in [-0.1, -0.05) is 18.2 Å². The molecule has 0 saturated heterocycles. The maximum atomic E-state index is 8.87. The minimum absolute atomic E-state index is 0.140. The van der Waals surface area contributed by atoms with Crippen molar-refractivity contribution in [3.05, 3.63) is 64.7 Å². The van der Waals surface area contributed by atoms with E-state index in [2.05, 4.69) is 12.1 Å². The van der Waals surface area contributed by atoms with Crippen LogP contribution in [-0.2, 0) is 13.0 Å². The highest BCUT2D eigenvalue weighted by Gasteiger charge is 2.03. The quantitative estimate of drug-likeness (QED) is 0.913. The fourth-order valence-corrected chi connectivity index (χ4v) is 2.22. The fraction of sp³-hybridized carbons (Fsp3) is 0.278. The Kier molecular flexibility index (Phi) is 4.97. The van der Waals surface area contributed by atoms with Crippen LogP contribution < -0.4 is 10.5 Å². The third-order valence-corrected chi connectivity index (χ3v) is 3.32. The zero-order chi connectivity index (χ0) is 15.2. The smallest absolute Gasteiger partial charge is 0.120 e. The van der Waals surface area contributed by atoms with Gasteiger partial charge in [0.2, 0.25) is 0 Å². The molecule has 0 saturated carbocycles. The average molecular weight is 280 g/mol. The predicted octanol–water partition coefficient (Wildman–Crippen LogP) is 3.34. The van der Waals surface area contributed by atoms with Gasteiger partial charge < -0.3 is 10.5 Å². The standard InChI is InChI=1S/C18H20N2O/c1-13-8-16(11-19)6-7-17(13)12-21-18-5-3-4-15(10-18)9-14(2)20/h3-8,10,14H,9,12,20H2,1-2H3. The minimum atomic E-state index is 0.140. The van der Waals surface area contributed by atoms with Gasteiger partial charge in [-0.25, -0.2) is 0 Å². The van der Waals surface area contributed by atoms with E-state index in [-0.39, 0.29) is 6.04 Å². The molecule has 0 amide bonds. The SMILES string of the molecule is Cc1cc(C#N)ccc1COc1cccc(CC(C)N)c1. The van der Waals surface area contributed by atoms with E-state index < -0.39 is 0 Å². The number of benzene rings is 2. The maximum Gasteiger partial charge on any atom is 0.120 e. The molecule has 0 aliphatic rings. The third-order valence-electron chi connectivity index (χ3n) is 3.32. The van der Waals surface area contributed by atoms with Crippen LogP contribution in [0.15, 0.2) is 42.5 Å². The molecular weight excluding hydrogens is 260 g/mol. The second kappa shape index (κ2) is 6.92. The molecule has 2 N–H and O–H groups in total. The van der Waals surface area contributed by atoms with Crippen molar-refractivity contribution in [3.8, 4) is 11.8 Å². The topological polar surface area (TPSA) is 59.0 Å². The molecule has 2 rings (SSSR count). The zero-order valence-corrected chi connectivity index (χ0v) is 12.5. The van der Waals surface area contributed by atoms with Crippen molar-refractivity contribution in [3.63, 3.8) is 0 Å². The Bertz CT molecular complexity index is 657. The summed E-state index contributed by atoms with van der Waals surface area (Å²) in [5.74, 6) is 0.844. The summed E-state index contributed by atoms with van der Waals surface area (Å²) in [6.45, 7) is 4.48. The van der Waals surface area contributed by atoms with Crippen molar-refractivity contribution in [1.82, 2.24) is 0 Å². The molecular formula is C18H20N2O. The van der Waals surface area contributed by atoms with Gasteiger partial charge in [0.25, 0.3) is 0 Å². The lowest BCUT2D eigenvalue weighted by molar-refractivity contribution is 0.305. The highest BCUT2D eigenvalue weighted by Crippen LogP contribution is 2.18. The van der Waals surface area contributed by atoms with Gasteiger partial charge in [-0.05, 0) is 61.2 Å². The first kappa shape index (κ1) is 15.1. The van der Waals surface area contributed by atoms with Crippen LogP contribution in [0.2, 0.25) is 0 Å². The van der Waals surface area contributed by atoms with Crippen LogP contribution in [0.25, 0.3) is 0 Å². The van der Waals surface area contributed by atoms with Crippen LogP contribution in [-0.4, -0.2) is 6.04 Å². The fourth-order valence-electron chi connectivity index (χ4n) is 2.22. The highest BCUT2D eigenvalue weighted by molar-refractivity contribution is 5.37. The first-order valence-corrected chi connectivity index (χ1v) is 7.05. The number of nitrogens with two attached hydrogens (primary N) is 1. The summed E-state index contributed by atoms with van der Waals surface area (Å²) in [7, 11) is 0. The molecule has 21 heavy (non-hydrogen) atoms. The summed E-state index contributed by atoms with van der Waals surface area (Å²) >= 11 is 0. The lowest BCUT2D eigenvalue weighted by atomic mass is 10.1. The Labute approximate surface area is 126 Å². The van der Waals surface area contributed by atoms with E-state index in [4.69, 9.17) is 15.7 Å². The van der Waals surface area contributed by atoms with Gasteiger partial charge in [0.15, 0.2) is 0 Å². The predicted molar refractivity (Wildman–Crippen MR) is 84.0 cm³/mol. The van der Waals surface area contributed by atoms with E-state index >= 15 is 0 Å². The molecule has 0 aromatic heterocycles. The van der Waals surface area contributed by atoms with E-state index in [0.717, 1.165) is 23.3 Å². The Hall–Kier alpha value is -2.31. The van der Waals surface area contributed by atoms with Gasteiger partial charge in [0.1, 0.15) is 12.4 Å². The number of nitrogens with zero attached hydrogens (tertiary/aromatic N) is 1. The van der Waals surface area contributed by atoms with Gasteiger partial charge in [0, 0.05) is 6.04 Å². The summed E-state index contributed by atoms with van der Waals surface area (Å²) in [5.41, 5.74) is 9.83. The van der Waals surface area contributed by atoms with Crippen molar-refractivity contribution < 1.29 is 4.74 Å². The van der Waals surface area contributed by atoms with Crippen LogP contribution in [0, 0.1) is 18.3 Å². The van der Waals surface area contributed by atoms with Crippen LogP contribution >= 0.6 is 0 Å². The Morgan fingerprint density at radius 3 is 2.71 bits per heavy atom. The largest absolute Gasteiger partial charge is 0.489 e. The molecule has 1 unspecified atom stereocenters. The molecule has 0 fully saturated rings. The van der Waals surface area contributed by atoms with Crippen molar-refractivity contribution in [1.29, 1.82) is 5.26 Å². The normalized spacial score (nSPS) is 11.7. The molecule has 3 nitrogen and oxygen atoms in total. The Morgan fingerprint density at radius 1 is 1.24 bits per heavy atom. The molecule has 3 heteroatoms. The molecule has 0 aliphatic carbocycles. The van der Waals surface area contributed by atoms with Gasteiger partial charge in [0.05, 0.1) is 11.6 Å². The number of rotatable bonds is 5. The van der Waals surface area contributed by atoms with E-state index in [9.17, 15) is 0 Å². The molecule has 0 bridgehead atoms. The number of ether oxygens (including phenoxy) is 1. The van der Waals surface area contributed by atoms with Gasteiger partial charge in [-0.15, -0.1) is 0 Å². The summed E-state index contributed by atoms with van der Waals surface area (Å²) in [4.78, 5) is 0. The summed E-state index contributed by atoms with van der Waals surface area (Å²) in [6, 6.07) is 15.9. The van der Waals surface area contributed by atoms with Crippen LogP contribution in [0.5, 0.6) is 5.75 Å². The lowest BCUT2D eigenvalue weighted by Gasteiger charge is -2.11. The first-order chi connectivity index (χ1) is 10.1. The van der Waals surface area contributed by atoms with Crippen molar-refractivity contribution in [2.24, 2.45) is 5.73 Å². The average Bonchev–Trinajstić information content (AvgIpc) is 2.45. The molecule has 0 aliphatic heterocycles. The second-order valence-electron chi connectivity index (χ2n) is 5.37. The molecule has 2 aromatic carbocycles. The van der Waals surface area contributed by atoms with Gasteiger partial charge >= 0.3 is 0 Å². The number of nitriles is 1. The van der Waals surface area contributed by atoms with Crippen LogP contribution in [0.3, 0.4) is 0 Å². The van der Waals surface area contributed by atoms with E-state index in [1.807, 2.05) is 50.2 Å². The van der Waals surface area contributed by atoms with E-state index in [1.54, 1.807) is 0 Å². The van der Waals surface area contributed by atoms with Gasteiger partial charge in [-0.2, -0.15) is 5.26 Å². The number of aryl methyl sites for hydroxylation is 1. The van der Waals surface area contributed by atoms with Crippen molar-refractivity contribution >= 4 is 0 Å². The van der Waals surface area contributed by atoms with Crippen molar-refractivity contribution in [2.45, 2.75) is 32.9 Å². The molecule has 0 radical (unpaired) electrons. The highest BCUT2D eigenvalue weighted by atomic mass is 16.5. The summed E-state index contributed by atoms with van der Waals surface area (Å²) < 4.78 is 5.84. The number of hydrogen-bond acceptors (Lipinski definition) is 3. The second-order valence-corrected chi connectivity index (χ2v) is 5.37. The molecule has 108 valence electrons. The monoisotopic (exact) mass is 280 g/mol. The lowest BCUT2D eigenvalue weighted by Crippen LogP contribution is -2.17. The number of hydrogen-bond donors (Lipinski definition) is 1. The minimum Gasteiger partial charge on any atom is -0.489 e. The van der Waals surface area contributed by atoms with Crippen LogP contribution in [0.1, 0.15) is 29.2 Å². The third kappa shape index (κ3) is 4.34. The van der Waals surface area contributed by atoms with E-state index in [1.165, 1.54) is 5.56 Å². The molecule has 0 spiro atoms. The van der Waals surface area contributed by atoms with E-state index in [0.29, 0.717) is 12.2 Å².